The Kier molecular flexibility index (Phi) is 9.70. The number of thiazole rings is 1. The van der Waals surface area contributed by atoms with Crippen molar-refractivity contribution < 1.29 is 13.2 Å². The summed E-state index contributed by atoms with van der Waals surface area (Å²) in [6.45, 7) is 2.25. The third kappa shape index (κ3) is 6.61. The van der Waals surface area contributed by atoms with Crippen LogP contribution >= 0.6 is 39.7 Å². The van der Waals surface area contributed by atoms with Crippen molar-refractivity contribution in [1.82, 2.24) is 14.2 Å². The number of amides is 1. The Balaban J connectivity index is 0.00000342. The summed E-state index contributed by atoms with van der Waals surface area (Å²) in [5.74, 6) is -0.196. The number of halogens is 2. The summed E-state index contributed by atoms with van der Waals surface area (Å²) in [5.41, 5.74) is 1.28. The summed E-state index contributed by atoms with van der Waals surface area (Å²) in [6.07, 6.45) is 3.89. The molecule has 0 unspecified atom stereocenters. The third-order valence-electron chi connectivity index (χ3n) is 5.89. The van der Waals surface area contributed by atoms with E-state index in [1.165, 1.54) is 11.3 Å². The highest BCUT2D eigenvalue weighted by Crippen LogP contribution is 2.32. The van der Waals surface area contributed by atoms with Crippen LogP contribution in [0.5, 0.6) is 0 Å². The average molecular weight is 602 g/mol. The van der Waals surface area contributed by atoms with Gasteiger partial charge in [-0.2, -0.15) is 4.31 Å². The van der Waals surface area contributed by atoms with Gasteiger partial charge in [0, 0.05) is 36.2 Å². The Morgan fingerprint density at radius 1 is 1.03 bits per heavy atom. The maximum atomic E-state index is 13.5. The number of carbonyl (C=O) groups excluding carboxylic acids is 1. The average Bonchev–Trinajstić information content (AvgIpc) is 3.02. The van der Waals surface area contributed by atoms with Crippen LogP contribution in [0.4, 0.5) is 5.13 Å². The van der Waals surface area contributed by atoms with Crippen LogP contribution in [-0.4, -0.2) is 68.8 Å². The van der Waals surface area contributed by atoms with Crippen molar-refractivity contribution in [3.63, 3.8) is 0 Å². The number of likely N-dealkylation sites (N-methyl/N-ethyl adjacent to an activating group) is 1. The first-order valence-corrected chi connectivity index (χ1v) is 14.4. The first kappa shape index (κ1) is 28.0. The van der Waals surface area contributed by atoms with Crippen LogP contribution in [0.2, 0.25) is 0 Å². The van der Waals surface area contributed by atoms with Crippen molar-refractivity contribution in [2.75, 3.05) is 45.2 Å². The first-order valence-electron chi connectivity index (χ1n) is 11.4. The Morgan fingerprint density at radius 2 is 1.69 bits per heavy atom. The van der Waals surface area contributed by atoms with Crippen LogP contribution in [0.25, 0.3) is 10.2 Å². The van der Waals surface area contributed by atoms with Gasteiger partial charge in [-0.15, -0.1) is 12.4 Å². The predicted octanol–water partition coefficient (Wildman–Crippen LogP) is 5.25. The van der Waals surface area contributed by atoms with Crippen LogP contribution in [0.15, 0.2) is 51.8 Å². The molecule has 35 heavy (non-hydrogen) atoms. The van der Waals surface area contributed by atoms with Crippen molar-refractivity contribution in [3.8, 4) is 0 Å². The van der Waals surface area contributed by atoms with Crippen LogP contribution < -0.4 is 4.90 Å². The standard InChI is InChI=1S/C24H29BrN4O3S2.ClH/c1-27(2)15-16-29(24-26-21-12-9-19(25)17-22(21)33-24)23(30)18-7-10-20(11-8-18)34(31,32)28-13-5-3-4-6-14-28;/h7-12,17H,3-6,13-16H2,1-2H3;1H. The van der Waals surface area contributed by atoms with E-state index in [9.17, 15) is 13.2 Å². The quantitative estimate of drug-likeness (QED) is 0.370. The molecule has 1 aliphatic heterocycles. The molecule has 190 valence electrons. The van der Waals surface area contributed by atoms with E-state index >= 15 is 0 Å². The fraction of sp³-hybridized carbons (Fsp3) is 0.417. The van der Waals surface area contributed by atoms with Gasteiger partial charge >= 0.3 is 0 Å². The van der Waals surface area contributed by atoms with E-state index in [1.807, 2.05) is 37.2 Å². The minimum absolute atomic E-state index is 0. The van der Waals surface area contributed by atoms with Gasteiger partial charge in [0.15, 0.2) is 5.13 Å². The molecule has 3 aromatic rings. The number of hydrogen-bond donors (Lipinski definition) is 0. The monoisotopic (exact) mass is 600 g/mol. The van der Waals surface area contributed by atoms with Crippen molar-refractivity contribution in [2.45, 2.75) is 30.6 Å². The Bertz CT molecular complexity index is 1260. The maximum Gasteiger partial charge on any atom is 0.260 e. The molecular formula is C24H30BrClN4O3S2. The maximum absolute atomic E-state index is 13.5. The zero-order valence-electron chi connectivity index (χ0n) is 19.8. The van der Waals surface area contributed by atoms with Gasteiger partial charge in [0.2, 0.25) is 10.0 Å². The van der Waals surface area contributed by atoms with Gasteiger partial charge in [0.1, 0.15) is 0 Å². The van der Waals surface area contributed by atoms with Gasteiger partial charge in [-0.05, 0) is 69.4 Å². The smallest absolute Gasteiger partial charge is 0.260 e. The summed E-state index contributed by atoms with van der Waals surface area (Å²) in [4.78, 5) is 22.1. The Labute approximate surface area is 225 Å². The minimum atomic E-state index is -3.56. The second-order valence-electron chi connectivity index (χ2n) is 8.71. The fourth-order valence-electron chi connectivity index (χ4n) is 3.94. The van der Waals surface area contributed by atoms with Crippen molar-refractivity contribution >= 4 is 71.0 Å². The van der Waals surface area contributed by atoms with Gasteiger partial charge in [0.05, 0.1) is 15.1 Å². The van der Waals surface area contributed by atoms with E-state index in [0.29, 0.717) is 36.9 Å². The second kappa shape index (κ2) is 12.1. The van der Waals surface area contributed by atoms with Crippen LogP contribution in [0.3, 0.4) is 0 Å². The number of carbonyl (C=O) groups is 1. The lowest BCUT2D eigenvalue weighted by molar-refractivity contribution is 0.0985. The van der Waals surface area contributed by atoms with Gasteiger partial charge in [-0.3, -0.25) is 9.69 Å². The van der Waals surface area contributed by atoms with Gasteiger partial charge < -0.3 is 4.90 Å². The lowest BCUT2D eigenvalue weighted by Gasteiger charge is -2.22. The largest absolute Gasteiger partial charge is 0.308 e. The lowest BCUT2D eigenvalue weighted by Crippen LogP contribution is -2.36. The lowest BCUT2D eigenvalue weighted by atomic mass is 10.2. The molecule has 0 N–H and O–H groups in total. The van der Waals surface area contributed by atoms with Crippen LogP contribution in [0.1, 0.15) is 36.0 Å². The predicted molar refractivity (Wildman–Crippen MR) is 148 cm³/mol. The molecule has 7 nitrogen and oxygen atoms in total. The highest BCUT2D eigenvalue weighted by molar-refractivity contribution is 9.10. The molecule has 11 heteroatoms. The summed E-state index contributed by atoms with van der Waals surface area (Å²) in [7, 11) is 0.362. The highest BCUT2D eigenvalue weighted by Gasteiger charge is 2.26. The van der Waals surface area contributed by atoms with Crippen LogP contribution in [-0.2, 0) is 10.0 Å². The topological polar surface area (TPSA) is 73.8 Å². The number of aromatic nitrogens is 1. The summed E-state index contributed by atoms with van der Waals surface area (Å²) in [6, 6.07) is 12.2. The zero-order valence-corrected chi connectivity index (χ0v) is 23.9. The molecule has 0 bridgehead atoms. The van der Waals surface area contributed by atoms with Gasteiger partial charge in [-0.25, -0.2) is 13.4 Å². The molecule has 1 fully saturated rings. The molecule has 1 aliphatic rings. The number of hydrogen-bond acceptors (Lipinski definition) is 6. The fourth-order valence-corrected chi connectivity index (χ4v) is 7.00. The molecule has 0 saturated carbocycles. The summed E-state index contributed by atoms with van der Waals surface area (Å²) in [5, 5.41) is 0.626. The number of benzene rings is 2. The first-order chi connectivity index (χ1) is 16.3. The molecule has 2 aromatic carbocycles. The second-order valence-corrected chi connectivity index (χ2v) is 12.6. The van der Waals surface area contributed by atoms with Crippen molar-refractivity contribution in [2.24, 2.45) is 0 Å². The van der Waals surface area contributed by atoms with E-state index < -0.39 is 10.0 Å². The van der Waals surface area contributed by atoms with E-state index in [2.05, 4.69) is 20.9 Å². The number of anilines is 1. The molecule has 4 rings (SSSR count). The Hall–Kier alpha value is -1.56. The molecule has 0 radical (unpaired) electrons. The zero-order chi connectivity index (χ0) is 24.3. The molecule has 0 spiro atoms. The number of fused-ring (bicyclic) bond motifs is 1. The third-order valence-corrected chi connectivity index (χ3v) is 9.34. The van der Waals surface area contributed by atoms with E-state index in [1.54, 1.807) is 33.5 Å². The molecule has 1 aromatic heterocycles. The molecule has 1 amide bonds. The molecular weight excluding hydrogens is 572 g/mol. The SMILES string of the molecule is CN(C)CCN(C(=O)c1ccc(S(=O)(=O)N2CCCCCC2)cc1)c1nc2ccc(Br)cc2s1.Cl. The van der Waals surface area contributed by atoms with E-state index in [-0.39, 0.29) is 23.2 Å². The van der Waals surface area contributed by atoms with E-state index in [0.717, 1.165) is 40.4 Å². The van der Waals surface area contributed by atoms with Crippen molar-refractivity contribution in [3.05, 3.63) is 52.5 Å². The molecule has 2 heterocycles. The summed E-state index contributed by atoms with van der Waals surface area (Å²) < 4.78 is 29.7. The van der Waals surface area contributed by atoms with E-state index in [4.69, 9.17) is 0 Å². The molecule has 0 atom stereocenters. The van der Waals surface area contributed by atoms with Gasteiger partial charge in [-0.1, -0.05) is 40.1 Å². The summed E-state index contributed by atoms with van der Waals surface area (Å²) >= 11 is 4.95. The Morgan fingerprint density at radius 3 is 2.31 bits per heavy atom. The normalized spacial score (nSPS) is 15.1. The van der Waals surface area contributed by atoms with Gasteiger partial charge in [0.25, 0.3) is 5.91 Å². The van der Waals surface area contributed by atoms with Crippen LogP contribution in [0, 0.1) is 0 Å². The number of nitrogens with zero attached hydrogens (tertiary/aromatic N) is 4. The minimum Gasteiger partial charge on any atom is -0.308 e. The van der Waals surface area contributed by atoms with Crippen molar-refractivity contribution in [1.29, 1.82) is 0 Å². The highest BCUT2D eigenvalue weighted by atomic mass is 79.9. The number of rotatable bonds is 7. The number of sulfonamides is 1. The molecule has 0 aliphatic carbocycles. The molecule has 1 saturated heterocycles.